The first-order valence-electron chi connectivity index (χ1n) is 7.94. The topological polar surface area (TPSA) is 63.7 Å². The molecule has 1 fully saturated rings. The monoisotopic (exact) mass is 325 g/mol. The van der Waals surface area contributed by atoms with Crippen LogP contribution in [0.3, 0.4) is 0 Å². The number of rotatable bonds is 6. The maximum atomic E-state index is 11.9. The van der Waals surface area contributed by atoms with Gasteiger partial charge in [-0.3, -0.25) is 15.0 Å². The van der Waals surface area contributed by atoms with Crippen LogP contribution in [0.1, 0.15) is 30.3 Å². The molecule has 3 rings (SSSR count). The number of fused-ring (bicyclic) bond motifs is 1. The molecule has 122 valence electrons. The van der Waals surface area contributed by atoms with E-state index in [1.807, 2.05) is 0 Å². The van der Waals surface area contributed by atoms with Crippen LogP contribution in [-0.4, -0.2) is 54.8 Å². The van der Waals surface area contributed by atoms with Crippen molar-refractivity contribution in [3.8, 4) is 0 Å². The summed E-state index contributed by atoms with van der Waals surface area (Å²) in [6, 6.07) is 0. The van der Waals surface area contributed by atoms with E-state index in [1.165, 1.54) is 4.88 Å². The second kappa shape index (κ2) is 7.50. The Hall–Kier alpha value is -1.02. The number of hydrogen-bond donors (Lipinski definition) is 1. The van der Waals surface area contributed by atoms with Gasteiger partial charge in [0.05, 0.1) is 18.4 Å². The molecule has 1 atom stereocenters. The van der Waals surface area contributed by atoms with E-state index >= 15 is 0 Å². The van der Waals surface area contributed by atoms with Gasteiger partial charge in [0.15, 0.2) is 5.13 Å². The molecule has 0 saturated carbocycles. The molecular weight excluding hydrogens is 302 g/mol. The van der Waals surface area contributed by atoms with Crippen molar-refractivity contribution in [2.24, 2.45) is 0 Å². The van der Waals surface area contributed by atoms with Crippen LogP contribution in [-0.2, 0) is 27.2 Å². The number of carbonyl (C=O) groups is 1. The van der Waals surface area contributed by atoms with E-state index < -0.39 is 0 Å². The lowest BCUT2D eigenvalue weighted by atomic mass is 10.2. The van der Waals surface area contributed by atoms with E-state index in [2.05, 4.69) is 22.1 Å². The minimum atomic E-state index is -0.142. The van der Waals surface area contributed by atoms with Gasteiger partial charge < -0.3 is 9.47 Å². The zero-order valence-electron chi connectivity index (χ0n) is 13.0. The normalized spacial score (nSPS) is 21.8. The summed E-state index contributed by atoms with van der Waals surface area (Å²) in [5, 5.41) is 3.53. The first-order chi connectivity index (χ1) is 10.7. The summed E-state index contributed by atoms with van der Waals surface area (Å²) < 4.78 is 10.9. The third kappa shape index (κ3) is 4.04. The van der Waals surface area contributed by atoms with Gasteiger partial charge >= 0.3 is 0 Å². The standard InChI is InChI=1S/C15H23N3O3S/c1-2-18-6-5-12-13(8-18)22-15(16-12)17-14(19)10-20-9-11-4-3-7-21-11/h11H,2-10H2,1H3,(H,16,17,19). The Balaban J connectivity index is 1.44. The third-order valence-corrected chi connectivity index (χ3v) is 5.06. The molecule has 22 heavy (non-hydrogen) atoms. The van der Waals surface area contributed by atoms with Crippen LogP contribution in [0.5, 0.6) is 0 Å². The zero-order chi connectivity index (χ0) is 15.4. The fourth-order valence-corrected chi connectivity index (χ4v) is 3.85. The molecule has 0 radical (unpaired) electrons. The number of nitrogens with zero attached hydrogens (tertiary/aromatic N) is 2. The maximum Gasteiger partial charge on any atom is 0.252 e. The van der Waals surface area contributed by atoms with Crippen LogP contribution in [0.4, 0.5) is 5.13 Å². The van der Waals surface area contributed by atoms with Gasteiger partial charge in [-0.1, -0.05) is 6.92 Å². The van der Waals surface area contributed by atoms with Crippen molar-refractivity contribution in [1.82, 2.24) is 9.88 Å². The number of hydrogen-bond acceptors (Lipinski definition) is 6. The lowest BCUT2D eigenvalue weighted by molar-refractivity contribution is -0.121. The number of amides is 1. The predicted octanol–water partition coefficient (Wildman–Crippen LogP) is 1.66. The van der Waals surface area contributed by atoms with Gasteiger partial charge in [0.25, 0.3) is 5.91 Å². The van der Waals surface area contributed by atoms with Gasteiger partial charge in [-0.2, -0.15) is 0 Å². The molecule has 1 amide bonds. The number of anilines is 1. The van der Waals surface area contributed by atoms with Crippen molar-refractivity contribution in [2.75, 3.05) is 38.2 Å². The molecule has 0 bridgehead atoms. The summed E-state index contributed by atoms with van der Waals surface area (Å²) in [7, 11) is 0. The second-order valence-corrected chi connectivity index (χ2v) is 6.79. The summed E-state index contributed by atoms with van der Waals surface area (Å²) in [4.78, 5) is 20.1. The van der Waals surface area contributed by atoms with Crippen LogP contribution in [0.2, 0.25) is 0 Å². The summed E-state index contributed by atoms with van der Waals surface area (Å²) in [6.07, 6.45) is 3.22. The molecule has 2 aliphatic rings. The minimum absolute atomic E-state index is 0.0607. The molecule has 3 heterocycles. The average molecular weight is 325 g/mol. The summed E-state index contributed by atoms with van der Waals surface area (Å²) in [6.45, 7) is 6.56. The summed E-state index contributed by atoms with van der Waals surface area (Å²) >= 11 is 1.58. The van der Waals surface area contributed by atoms with Crippen LogP contribution < -0.4 is 5.32 Å². The lowest BCUT2D eigenvalue weighted by Gasteiger charge is -2.23. The van der Waals surface area contributed by atoms with E-state index in [0.29, 0.717) is 11.7 Å². The Bertz CT molecular complexity index is 514. The lowest BCUT2D eigenvalue weighted by Crippen LogP contribution is -2.29. The van der Waals surface area contributed by atoms with Crippen LogP contribution in [0.25, 0.3) is 0 Å². The Labute approximate surface area is 134 Å². The van der Waals surface area contributed by atoms with Crippen molar-refractivity contribution >= 4 is 22.4 Å². The fourth-order valence-electron chi connectivity index (χ4n) is 2.79. The highest BCUT2D eigenvalue weighted by atomic mass is 32.1. The molecule has 1 unspecified atom stereocenters. The highest BCUT2D eigenvalue weighted by Gasteiger charge is 2.20. The minimum Gasteiger partial charge on any atom is -0.376 e. The first kappa shape index (κ1) is 15.9. The van der Waals surface area contributed by atoms with Crippen LogP contribution in [0.15, 0.2) is 0 Å². The number of likely N-dealkylation sites (N-methyl/N-ethyl adjacent to an activating group) is 1. The van der Waals surface area contributed by atoms with Crippen molar-refractivity contribution in [3.63, 3.8) is 0 Å². The van der Waals surface area contributed by atoms with Crippen molar-refractivity contribution in [2.45, 2.75) is 38.8 Å². The number of ether oxygens (including phenoxy) is 2. The van der Waals surface area contributed by atoms with Gasteiger partial charge in [-0.25, -0.2) is 4.98 Å². The zero-order valence-corrected chi connectivity index (χ0v) is 13.8. The molecule has 1 aromatic rings. The molecule has 0 aromatic carbocycles. The number of aromatic nitrogens is 1. The van der Waals surface area contributed by atoms with Gasteiger partial charge in [0, 0.05) is 31.0 Å². The van der Waals surface area contributed by atoms with Gasteiger partial charge in [0.2, 0.25) is 0 Å². The first-order valence-corrected chi connectivity index (χ1v) is 8.76. The van der Waals surface area contributed by atoms with Crippen LogP contribution in [0, 0.1) is 0 Å². The number of carbonyl (C=O) groups excluding carboxylic acids is 1. The summed E-state index contributed by atoms with van der Waals surface area (Å²) in [5.74, 6) is -0.142. The van der Waals surface area contributed by atoms with Gasteiger partial charge in [-0.05, 0) is 19.4 Å². The van der Waals surface area contributed by atoms with Crippen molar-refractivity contribution in [1.29, 1.82) is 0 Å². The highest BCUT2D eigenvalue weighted by Crippen LogP contribution is 2.28. The van der Waals surface area contributed by atoms with Crippen molar-refractivity contribution < 1.29 is 14.3 Å². The molecule has 1 N–H and O–H groups in total. The van der Waals surface area contributed by atoms with Gasteiger partial charge in [-0.15, -0.1) is 11.3 Å². The van der Waals surface area contributed by atoms with E-state index in [1.54, 1.807) is 11.3 Å². The molecular formula is C15H23N3O3S. The Kier molecular flexibility index (Phi) is 5.41. The highest BCUT2D eigenvalue weighted by molar-refractivity contribution is 7.15. The molecule has 6 nitrogen and oxygen atoms in total. The van der Waals surface area contributed by atoms with Gasteiger partial charge in [0.1, 0.15) is 6.61 Å². The fraction of sp³-hybridized carbons (Fsp3) is 0.733. The third-order valence-electron chi connectivity index (χ3n) is 4.06. The molecule has 2 aliphatic heterocycles. The van der Waals surface area contributed by atoms with E-state index in [4.69, 9.17) is 9.47 Å². The second-order valence-electron chi connectivity index (χ2n) is 5.71. The smallest absolute Gasteiger partial charge is 0.252 e. The molecule has 0 aliphatic carbocycles. The predicted molar refractivity (Wildman–Crippen MR) is 85.2 cm³/mol. The van der Waals surface area contributed by atoms with Crippen LogP contribution >= 0.6 is 11.3 Å². The maximum absolute atomic E-state index is 11.9. The average Bonchev–Trinajstić information content (AvgIpc) is 3.15. The quantitative estimate of drug-likeness (QED) is 0.862. The van der Waals surface area contributed by atoms with E-state index in [0.717, 1.165) is 51.2 Å². The molecule has 1 aromatic heterocycles. The van der Waals surface area contributed by atoms with E-state index in [9.17, 15) is 4.79 Å². The van der Waals surface area contributed by atoms with E-state index in [-0.39, 0.29) is 18.6 Å². The number of nitrogens with one attached hydrogen (secondary N) is 1. The molecule has 0 spiro atoms. The summed E-state index contributed by atoms with van der Waals surface area (Å²) in [5.41, 5.74) is 1.13. The molecule has 1 saturated heterocycles. The molecule has 7 heteroatoms. The Morgan fingerprint density at radius 2 is 2.50 bits per heavy atom. The Morgan fingerprint density at radius 3 is 3.27 bits per heavy atom. The largest absolute Gasteiger partial charge is 0.376 e. The SMILES string of the molecule is CCN1CCc2nc(NC(=O)COCC3CCCO3)sc2C1. The van der Waals surface area contributed by atoms with Crippen molar-refractivity contribution in [3.05, 3.63) is 10.6 Å². The number of thiazole rings is 1. The Morgan fingerprint density at radius 1 is 1.59 bits per heavy atom.